The number of rotatable bonds is 6. The zero-order valence-electron chi connectivity index (χ0n) is 17.2. The molecular weight excluding hydrogens is 360 g/mol. The molecule has 2 aromatic carbocycles. The third-order valence-corrected chi connectivity index (χ3v) is 6.78. The lowest BCUT2D eigenvalue weighted by atomic mass is 9.72. The van der Waals surface area contributed by atoms with E-state index < -0.39 is 0 Å². The first kappa shape index (κ1) is 20.1. The summed E-state index contributed by atoms with van der Waals surface area (Å²) in [7, 11) is 0. The van der Waals surface area contributed by atoms with Crippen molar-refractivity contribution in [2.45, 2.75) is 44.8 Å². The molecule has 154 valence electrons. The fourth-order valence-corrected chi connectivity index (χ4v) is 4.86. The van der Waals surface area contributed by atoms with Gasteiger partial charge in [0.1, 0.15) is 0 Å². The van der Waals surface area contributed by atoms with Gasteiger partial charge in [-0.3, -0.25) is 4.79 Å². The molecular formula is C25H32N2O2. The van der Waals surface area contributed by atoms with Gasteiger partial charge >= 0.3 is 0 Å². The van der Waals surface area contributed by atoms with Crippen molar-refractivity contribution in [1.29, 1.82) is 0 Å². The van der Waals surface area contributed by atoms with Crippen molar-refractivity contribution in [2.24, 2.45) is 5.41 Å². The Morgan fingerprint density at radius 3 is 2.28 bits per heavy atom. The van der Waals surface area contributed by atoms with Crippen molar-refractivity contribution in [3.05, 3.63) is 71.8 Å². The van der Waals surface area contributed by atoms with E-state index in [9.17, 15) is 9.90 Å². The maximum Gasteiger partial charge on any atom is 0.222 e. The van der Waals surface area contributed by atoms with E-state index in [4.69, 9.17) is 0 Å². The number of piperidine rings is 2. The van der Waals surface area contributed by atoms with Crippen molar-refractivity contribution in [1.82, 2.24) is 9.80 Å². The molecule has 2 saturated heterocycles. The van der Waals surface area contributed by atoms with E-state index in [1.807, 2.05) is 48.5 Å². The summed E-state index contributed by atoms with van der Waals surface area (Å²) in [6.45, 7) is 4.68. The summed E-state index contributed by atoms with van der Waals surface area (Å²) < 4.78 is 0. The van der Waals surface area contributed by atoms with Crippen molar-refractivity contribution in [3.8, 4) is 0 Å². The Kier molecular flexibility index (Phi) is 6.31. The number of carbonyl (C=O) groups is 1. The van der Waals surface area contributed by atoms with Gasteiger partial charge in [0.05, 0.1) is 6.10 Å². The standard InChI is InChI=1S/C25H32N2O2/c28-23(22-9-5-2-6-10-22)12-16-26-17-14-25(15-18-26)13-11-24(29)27(20-25)19-21-7-3-1-4-8-21/h1-10,23,28H,11-20H2/t23-/m1/s1. The fourth-order valence-electron chi connectivity index (χ4n) is 4.86. The Morgan fingerprint density at radius 1 is 0.931 bits per heavy atom. The highest BCUT2D eigenvalue weighted by Crippen LogP contribution is 2.40. The number of aliphatic hydroxyl groups excluding tert-OH is 1. The third-order valence-electron chi connectivity index (χ3n) is 6.78. The minimum atomic E-state index is -0.388. The van der Waals surface area contributed by atoms with Crippen molar-refractivity contribution >= 4 is 5.91 Å². The molecule has 0 aromatic heterocycles. The lowest BCUT2D eigenvalue weighted by Gasteiger charge is -2.47. The number of hydrogen-bond acceptors (Lipinski definition) is 3. The first-order chi connectivity index (χ1) is 14.1. The van der Waals surface area contributed by atoms with Crippen LogP contribution in [0, 0.1) is 5.41 Å². The molecule has 2 aromatic rings. The van der Waals surface area contributed by atoms with Crippen LogP contribution in [0.3, 0.4) is 0 Å². The van der Waals surface area contributed by atoms with Gasteiger partial charge in [-0.25, -0.2) is 0 Å². The van der Waals surface area contributed by atoms with Crippen LogP contribution in [0.15, 0.2) is 60.7 Å². The minimum Gasteiger partial charge on any atom is -0.388 e. The second kappa shape index (κ2) is 9.10. The average Bonchev–Trinajstić information content (AvgIpc) is 2.77. The quantitative estimate of drug-likeness (QED) is 0.808. The molecule has 0 radical (unpaired) electrons. The Morgan fingerprint density at radius 2 is 1.59 bits per heavy atom. The molecule has 2 aliphatic rings. The van der Waals surface area contributed by atoms with E-state index in [2.05, 4.69) is 21.9 Å². The molecule has 1 N–H and O–H groups in total. The largest absolute Gasteiger partial charge is 0.388 e. The summed E-state index contributed by atoms with van der Waals surface area (Å²) in [6.07, 6.45) is 4.38. The average molecular weight is 393 g/mol. The van der Waals surface area contributed by atoms with Crippen LogP contribution in [0.25, 0.3) is 0 Å². The van der Waals surface area contributed by atoms with Crippen LogP contribution in [0.4, 0.5) is 0 Å². The second-order valence-corrected chi connectivity index (χ2v) is 8.79. The molecule has 0 aliphatic carbocycles. The molecule has 1 atom stereocenters. The molecule has 29 heavy (non-hydrogen) atoms. The van der Waals surface area contributed by atoms with E-state index >= 15 is 0 Å². The number of benzene rings is 2. The predicted molar refractivity (Wildman–Crippen MR) is 115 cm³/mol. The van der Waals surface area contributed by atoms with Gasteiger partial charge in [-0.1, -0.05) is 60.7 Å². The van der Waals surface area contributed by atoms with Gasteiger partial charge < -0.3 is 14.9 Å². The highest BCUT2D eigenvalue weighted by molar-refractivity contribution is 5.77. The van der Waals surface area contributed by atoms with E-state index in [0.717, 1.165) is 64.0 Å². The van der Waals surface area contributed by atoms with Crippen LogP contribution in [-0.2, 0) is 11.3 Å². The van der Waals surface area contributed by atoms with Gasteiger partial charge in [-0.2, -0.15) is 0 Å². The molecule has 1 spiro atoms. The molecule has 1 amide bonds. The van der Waals surface area contributed by atoms with Crippen molar-refractivity contribution in [2.75, 3.05) is 26.2 Å². The van der Waals surface area contributed by atoms with Crippen LogP contribution in [-0.4, -0.2) is 47.0 Å². The van der Waals surface area contributed by atoms with Gasteiger partial charge in [0.25, 0.3) is 0 Å². The van der Waals surface area contributed by atoms with E-state index in [0.29, 0.717) is 12.3 Å². The molecule has 2 heterocycles. The fraction of sp³-hybridized carbons (Fsp3) is 0.480. The summed E-state index contributed by atoms with van der Waals surface area (Å²) in [4.78, 5) is 17.0. The summed E-state index contributed by atoms with van der Waals surface area (Å²) in [5, 5.41) is 10.4. The van der Waals surface area contributed by atoms with Crippen LogP contribution in [0.5, 0.6) is 0 Å². The number of hydrogen-bond donors (Lipinski definition) is 1. The van der Waals surface area contributed by atoms with E-state index in [1.54, 1.807) is 0 Å². The maximum absolute atomic E-state index is 12.5. The lowest BCUT2D eigenvalue weighted by Crippen LogP contribution is -2.51. The van der Waals surface area contributed by atoms with Crippen LogP contribution < -0.4 is 0 Å². The monoisotopic (exact) mass is 392 g/mol. The number of aliphatic hydroxyl groups is 1. The summed E-state index contributed by atoms with van der Waals surface area (Å²) in [6, 6.07) is 20.3. The summed E-state index contributed by atoms with van der Waals surface area (Å²) in [5.74, 6) is 0.299. The Labute approximate surface area is 174 Å². The second-order valence-electron chi connectivity index (χ2n) is 8.79. The lowest BCUT2D eigenvalue weighted by molar-refractivity contribution is -0.140. The molecule has 4 rings (SSSR count). The topological polar surface area (TPSA) is 43.8 Å². The van der Waals surface area contributed by atoms with Gasteiger partial charge in [0.15, 0.2) is 0 Å². The Bertz CT molecular complexity index is 785. The normalized spacial score (nSPS) is 20.7. The predicted octanol–water partition coefficient (Wildman–Crippen LogP) is 4.01. The zero-order valence-corrected chi connectivity index (χ0v) is 17.2. The van der Waals surface area contributed by atoms with Gasteiger partial charge in [0, 0.05) is 26.1 Å². The van der Waals surface area contributed by atoms with Gasteiger partial charge in [-0.05, 0) is 55.3 Å². The van der Waals surface area contributed by atoms with Gasteiger partial charge in [0.2, 0.25) is 5.91 Å². The third kappa shape index (κ3) is 5.06. The van der Waals surface area contributed by atoms with Crippen molar-refractivity contribution in [3.63, 3.8) is 0 Å². The molecule has 0 unspecified atom stereocenters. The smallest absolute Gasteiger partial charge is 0.222 e. The van der Waals surface area contributed by atoms with Crippen LogP contribution in [0.1, 0.15) is 49.3 Å². The summed E-state index contributed by atoms with van der Waals surface area (Å²) in [5.41, 5.74) is 2.49. The molecule has 2 fully saturated rings. The Balaban J connectivity index is 1.28. The van der Waals surface area contributed by atoms with Crippen molar-refractivity contribution < 1.29 is 9.90 Å². The molecule has 2 aliphatic heterocycles. The maximum atomic E-state index is 12.5. The van der Waals surface area contributed by atoms with E-state index in [-0.39, 0.29) is 11.5 Å². The number of carbonyl (C=O) groups excluding carboxylic acids is 1. The highest BCUT2D eigenvalue weighted by atomic mass is 16.3. The number of nitrogens with zero attached hydrogens (tertiary/aromatic N) is 2. The minimum absolute atomic E-state index is 0.275. The first-order valence-electron chi connectivity index (χ1n) is 10.9. The molecule has 4 nitrogen and oxygen atoms in total. The Hall–Kier alpha value is -2.17. The van der Waals surface area contributed by atoms with Crippen LogP contribution >= 0.6 is 0 Å². The van der Waals surface area contributed by atoms with E-state index in [1.165, 1.54) is 5.56 Å². The van der Waals surface area contributed by atoms with Gasteiger partial charge in [-0.15, -0.1) is 0 Å². The highest BCUT2D eigenvalue weighted by Gasteiger charge is 2.40. The zero-order chi connectivity index (χ0) is 20.1. The SMILES string of the molecule is O=C1CCC2(CCN(CC[C@@H](O)c3ccccc3)CC2)CN1Cc1ccccc1. The van der Waals surface area contributed by atoms with Crippen LogP contribution in [0.2, 0.25) is 0 Å². The summed E-state index contributed by atoms with van der Waals surface area (Å²) >= 11 is 0. The molecule has 0 saturated carbocycles. The number of likely N-dealkylation sites (tertiary alicyclic amines) is 2. The first-order valence-corrected chi connectivity index (χ1v) is 10.9. The molecule has 0 bridgehead atoms. The molecule has 4 heteroatoms. The number of amides is 1.